The second-order valence-corrected chi connectivity index (χ2v) is 21.2. The Morgan fingerprint density at radius 2 is 1.05 bits per heavy atom. The van der Waals surface area contributed by atoms with E-state index in [1.807, 2.05) is 12.3 Å². The van der Waals surface area contributed by atoms with Crippen molar-refractivity contribution in [1.82, 2.24) is 14.4 Å². The molecule has 0 fully saturated rings. The first-order chi connectivity index (χ1) is 28.6. The van der Waals surface area contributed by atoms with E-state index in [1.54, 1.807) is 0 Å². The van der Waals surface area contributed by atoms with E-state index in [0.717, 1.165) is 54.9 Å². The van der Waals surface area contributed by atoms with E-state index in [0.29, 0.717) is 0 Å². The van der Waals surface area contributed by atoms with Crippen molar-refractivity contribution in [2.75, 3.05) is 0 Å². The van der Waals surface area contributed by atoms with Crippen LogP contribution in [-0.4, -0.2) is 14.4 Å². The molecular weight excluding hydrogens is 761 g/mol. The Labute approximate surface area is 343 Å². The van der Waals surface area contributed by atoms with E-state index < -0.39 is 14.0 Å². The van der Waals surface area contributed by atoms with Crippen molar-refractivity contribution < 1.29 is 0 Å². The van der Waals surface area contributed by atoms with E-state index in [4.69, 9.17) is 16.8 Å². The van der Waals surface area contributed by atoms with E-state index in [9.17, 15) is 0 Å². The van der Waals surface area contributed by atoms with Gasteiger partial charge in [0.2, 0.25) is 0 Å². The van der Waals surface area contributed by atoms with Crippen LogP contribution in [-0.2, 0) is 11.8 Å². The minimum Gasteiger partial charge on any atom is -0.292 e. The number of hydrogen-bond acceptors (Lipinski definition) is 3. The first-order valence-electron chi connectivity index (χ1n) is 19.4. The molecule has 0 amide bonds. The highest BCUT2D eigenvalue weighted by molar-refractivity contribution is 8.25. The van der Waals surface area contributed by atoms with Crippen LogP contribution in [0.4, 0.5) is 0 Å². The Balaban J connectivity index is 1.22. The van der Waals surface area contributed by atoms with Gasteiger partial charge < -0.3 is 0 Å². The predicted octanol–water partition coefficient (Wildman–Crippen LogP) is 10.5. The molecule has 6 heteroatoms. The van der Waals surface area contributed by atoms with E-state index >= 15 is 0 Å². The minimum absolute atomic E-state index is 0.816. The molecule has 0 aliphatic heterocycles. The zero-order valence-corrected chi connectivity index (χ0v) is 34.0. The van der Waals surface area contributed by atoms with Gasteiger partial charge in [0.25, 0.3) is 0 Å². The fraction of sp³-hybridized carbons (Fsp3) is 0. The van der Waals surface area contributed by atoms with Crippen LogP contribution in [0.25, 0.3) is 60.4 Å². The van der Waals surface area contributed by atoms with E-state index in [2.05, 4.69) is 210 Å². The monoisotopic (exact) mass is 795 g/mol. The van der Waals surface area contributed by atoms with Crippen LogP contribution in [0.2, 0.25) is 0 Å². The number of fused-ring (bicyclic) bond motifs is 9. The summed E-state index contributed by atoms with van der Waals surface area (Å²) in [4.78, 5) is 10.1. The van der Waals surface area contributed by atoms with Crippen LogP contribution < -0.4 is 31.8 Å². The summed E-state index contributed by atoms with van der Waals surface area (Å²) in [7, 11) is -0.816. The summed E-state index contributed by atoms with van der Waals surface area (Å²) in [5, 5.41) is 12.0. The topological polar surface area (TPSA) is 30.2 Å². The minimum atomic E-state index is -2.44. The number of pyridine rings is 2. The number of imidazole rings is 1. The third-order valence-corrected chi connectivity index (χ3v) is 18.6. The fourth-order valence-corrected chi connectivity index (χ4v) is 14.5. The fourth-order valence-electron chi connectivity index (χ4n) is 8.47. The van der Waals surface area contributed by atoms with Gasteiger partial charge in [-0.3, -0.25) is 9.38 Å². The molecule has 8 aromatic carbocycles. The quantitative estimate of drug-likeness (QED) is 0.119. The maximum absolute atomic E-state index is 6.90. The lowest BCUT2D eigenvalue weighted by Crippen LogP contribution is -2.24. The molecule has 0 bridgehead atoms. The van der Waals surface area contributed by atoms with Crippen molar-refractivity contribution >= 4 is 107 Å². The maximum atomic E-state index is 6.90. The van der Waals surface area contributed by atoms with Crippen molar-refractivity contribution in [2.45, 2.75) is 0 Å². The molecule has 11 rings (SSSR count). The molecule has 0 aliphatic rings. The van der Waals surface area contributed by atoms with Crippen LogP contribution >= 0.6 is 14.0 Å². The smallest absolute Gasteiger partial charge is 0.146 e. The van der Waals surface area contributed by atoms with Gasteiger partial charge in [-0.1, -0.05) is 182 Å². The summed E-state index contributed by atoms with van der Waals surface area (Å²) in [6.45, 7) is 0. The third-order valence-electron chi connectivity index (χ3n) is 11.2. The van der Waals surface area contributed by atoms with E-state index in [1.165, 1.54) is 37.3 Å². The van der Waals surface area contributed by atoms with E-state index in [-0.39, 0.29) is 0 Å². The Morgan fingerprint density at radius 3 is 1.74 bits per heavy atom. The molecule has 3 aromatic heterocycles. The summed E-state index contributed by atoms with van der Waals surface area (Å²) in [5.74, 6) is 0. The molecule has 0 saturated carbocycles. The number of nitrogens with zero attached hydrogens (tertiary/aromatic N) is 3. The molecule has 0 radical (unpaired) electrons. The molecule has 58 heavy (non-hydrogen) atoms. The number of aromatic nitrogens is 3. The predicted molar refractivity (Wildman–Crippen MR) is 253 cm³/mol. The van der Waals surface area contributed by atoms with Crippen molar-refractivity contribution in [3.05, 3.63) is 212 Å². The second-order valence-electron chi connectivity index (χ2n) is 14.6. The number of benzene rings is 8. The summed E-state index contributed by atoms with van der Waals surface area (Å²) in [6, 6.07) is 72.1. The lowest BCUT2D eigenvalue weighted by atomic mass is 10.0. The maximum Gasteiger partial charge on any atom is 0.146 e. The van der Waals surface area contributed by atoms with Crippen molar-refractivity contribution in [2.24, 2.45) is 0 Å². The molecule has 0 saturated heterocycles. The zero-order valence-electron chi connectivity index (χ0n) is 31.4. The summed E-state index contributed by atoms with van der Waals surface area (Å²) < 4.78 is 2.39. The Morgan fingerprint density at radius 1 is 0.431 bits per heavy atom. The molecule has 0 aliphatic carbocycles. The standard InChI is InChI=1S/C52H35N3P2S/c58-57(42-19-9-3-10-20-42,43-21-11-4-12-22-43)44-27-29-46-45-28-26-41(56(39-15-5-1-6-16-39)40-17-7-2-8-18-40)34-47(45)52-54-48-30-25-38(33-51(48)55(52)50(46)35-44)37-24-23-36-14-13-31-53-49(36)32-37/h1-35H. The van der Waals surface area contributed by atoms with Gasteiger partial charge in [-0.25, -0.2) is 4.98 Å². The highest BCUT2D eigenvalue weighted by Crippen LogP contribution is 2.45. The molecule has 11 aromatic rings. The van der Waals surface area contributed by atoms with Crippen LogP contribution in [0.3, 0.4) is 0 Å². The van der Waals surface area contributed by atoms with Gasteiger partial charge >= 0.3 is 0 Å². The molecular formula is C52H35N3P2S. The second kappa shape index (κ2) is 14.3. The Bertz CT molecular complexity index is 3290. The highest BCUT2D eigenvalue weighted by atomic mass is 32.4. The van der Waals surface area contributed by atoms with Gasteiger partial charge in [-0.05, 0) is 92.7 Å². The lowest BCUT2D eigenvalue weighted by Gasteiger charge is -2.25. The van der Waals surface area contributed by atoms with Gasteiger partial charge in [0.1, 0.15) is 5.65 Å². The van der Waals surface area contributed by atoms with Gasteiger partial charge in [0.15, 0.2) is 0 Å². The summed E-state index contributed by atoms with van der Waals surface area (Å²) >= 11 is 6.90. The summed E-state index contributed by atoms with van der Waals surface area (Å²) in [5.41, 5.74) is 7.27. The Hall–Kier alpha value is -6.28. The molecule has 3 nitrogen and oxygen atoms in total. The third kappa shape index (κ3) is 5.79. The molecule has 274 valence electrons. The number of rotatable bonds is 7. The number of hydrogen-bond donors (Lipinski definition) is 0. The average molecular weight is 796 g/mol. The first kappa shape index (κ1) is 34.9. The molecule has 3 heterocycles. The summed E-state index contributed by atoms with van der Waals surface area (Å²) in [6.07, 6.45) is 1.86. The normalized spacial score (nSPS) is 12.0. The lowest BCUT2D eigenvalue weighted by molar-refractivity contribution is 1.32. The molecule has 0 atom stereocenters. The van der Waals surface area contributed by atoms with Crippen molar-refractivity contribution in [3.63, 3.8) is 0 Å². The van der Waals surface area contributed by atoms with Crippen LogP contribution in [0.1, 0.15) is 0 Å². The van der Waals surface area contributed by atoms with Gasteiger partial charge in [-0.2, -0.15) is 0 Å². The molecule has 0 spiro atoms. The van der Waals surface area contributed by atoms with Crippen molar-refractivity contribution in [1.29, 1.82) is 0 Å². The first-order valence-corrected chi connectivity index (χ1v) is 23.6. The van der Waals surface area contributed by atoms with Crippen LogP contribution in [0.5, 0.6) is 0 Å². The molecule has 0 unspecified atom stereocenters. The van der Waals surface area contributed by atoms with Gasteiger partial charge in [0.05, 0.1) is 22.1 Å². The van der Waals surface area contributed by atoms with Crippen LogP contribution in [0.15, 0.2) is 212 Å². The molecule has 0 N–H and O–H groups in total. The largest absolute Gasteiger partial charge is 0.292 e. The van der Waals surface area contributed by atoms with Gasteiger partial charge in [0, 0.05) is 28.4 Å². The van der Waals surface area contributed by atoms with Crippen molar-refractivity contribution in [3.8, 4) is 11.1 Å². The SMILES string of the molecule is S=P(c1ccccc1)(c1ccccc1)c1ccc2c3ccc(P(c4ccccc4)c4ccccc4)cc3c3nc4ccc(-c5ccc6cccnc6c5)cc4n3c2c1. The average Bonchev–Trinajstić information content (AvgIpc) is 3.69. The zero-order chi connectivity index (χ0) is 38.6. The van der Waals surface area contributed by atoms with Gasteiger partial charge in [-0.15, -0.1) is 0 Å². The Kier molecular flexibility index (Phi) is 8.60. The van der Waals surface area contributed by atoms with Crippen LogP contribution in [0, 0.1) is 0 Å². The highest BCUT2D eigenvalue weighted by Gasteiger charge is 2.27.